The highest BCUT2D eigenvalue weighted by Crippen LogP contribution is 2.33. The van der Waals surface area contributed by atoms with Crippen molar-refractivity contribution in [2.45, 2.75) is 45.6 Å². The maximum Gasteiger partial charge on any atom is 0.279 e. The molecule has 1 aliphatic rings. The third-order valence-corrected chi connectivity index (χ3v) is 5.78. The Morgan fingerprint density at radius 1 is 1.13 bits per heavy atom. The van der Waals surface area contributed by atoms with E-state index in [2.05, 4.69) is 41.5 Å². The number of nitrogens with zero attached hydrogens (tertiary/aromatic N) is 3. The number of hydrogen-bond acceptors (Lipinski definition) is 4. The topological polar surface area (TPSA) is 47.8 Å². The van der Waals surface area contributed by atoms with Gasteiger partial charge >= 0.3 is 0 Å². The molecule has 0 bridgehead atoms. The maximum absolute atomic E-state index is 12.9. The van der Waals surface area contributed by atoms with Crippen LogP contribution in [-0.2, 0) is 25.8 Å². The average molecular weight is 325 g/mol. The van der Waals surface area contributed by atoms with Crippen LogP contribution < -0.4 is 5.56 Å². The van der Waals surface area contributed by atoms with Gasteiger partial charge in [-0.1, -0.05) is 36.4 Å². The summed E-state index contributed by atoms with van der Waals surface area (Å²) < 4.78 is 1.50. The molecule has 0 saturated carbocycles. The third kappa shape index (κ3) is 2.59. The summed E-state index contributed by atoms with van der Waals surface area (Å²) >= 11 is 1.65. The largest absolute Gasteiger partial charge is 0.279 e. The van der Waals surface area contributed by atoms with E-state index in [0.717, 1.165) is 35.0 Å². The second kappa shape index (κ2) is 5.89. The predicted octanol–water partition coefficient (Wildman–Crippen LogP) is 3.34. The number of rotatable bonds is 3. The van der Waals surface area contributed by atoms with Crippen molar-refractivity contribution in [3.05, 3.63) is 56.2 Å². The smallest absolute Gasteiger partial charge is 0.267 e. The molecule has 0 atom stereocenters. The molecule has 0 aliphatic heterocycles. The Balaban J connectivity index is 1.75. The summed E-state index contributed by atoms with van der Waals surface area (Å²) in [6.07, 6.45) is 5.48. The molecule has 23 heavy (non-hydrogen) atoms. The summed E-state index contributed by atoms with van der Waals surface area (Å²) in [4.78, 5) is 15.0. The minimum Gasteiger partial charge on any atom is -0.267 e. The lowest BCUT2D eigenvalue weighted by Crippen LogP contribution is -2.25. The summed E-state index contributed by atoms with van der Waals surface area (Å²) in [5.74, 6) is 0. The van der Waals surface area contributed by atoms with Gasteiger partial charge < -0.3 is 0 Å². The molecule has 5 heteroatoms. The van der Waals surface area contributed by atoms with Gasteiger partial charge in [0.2, 0.25) is 0 Å². The van der Waals surface area contributed by atoms with E-state index in [1.165, 1.54) is 33.5 Å². The maximum atomic E-state index is 12.9. The molecule has 2 aromatic heterocycles. The van der Waals surface area contributed by atoms with Crippen LogP contribution in [-0.4, -0.2) is 15.0 Å². The Kier molecular flexibility index (Phi) is 3.73. The second-order valence-electron chi connectivity index (χ2n) is 6.11. The van der Waals surface area contributed by atoms with Crippen molar-refractivity contribution in [3.8, 4) is 0 Å². The van der Waals surface area contributed by atoms with Crippen LogP contribution in [0.2, 0.25) is 0 Å². The number of hydrogen-bond donors (Lipinski definition) is 0. The molecule has 0 N–H and O–H groups in total. The van der Waals surface area contributed by atoms with E-state index < -0.39 is 0 Å². The van der Waals surface area contributed by atoms with Gasteiger partial charge in [-0.3, -0.25) is 4.79 Å². The van der Waals surface area contributed by atoms with Crippen LogP contribution in [0.4, 0.5) is 0 Å². The van der Waals surface area contributed by atoms with Crippen molar-refractivity contribution in [1.82, 2.24) is 15.0 Å². The minimum absolute atomic E-state index is 0.00830. The first-order valence-corrected chi connectivity index (χ1v) is 9.03. The first-order valence-electron chi connectivity index (χ1n) is 8.22. The molecule has 1 aromatic carbocycles. The van der Waals surface area contributed by atoms with E-state index in [0.29, 0.717) is 6.54 Å². The molecular formula is C18H19N3OS. The fraction of sp³-hybridized carbons (Fsp3) is 0.389. The number of aryl methyl sites for hydroxylation is 3. The average Bonchev–Trinajstić information content (AvgIpc) is 2.97. The van der Waals surface area contributed by atoms with Gasteiger partial charge in [-0.05, 0) is 48.8 Å². The predicted molar refractivity (Wildman–Crippen MR) is 93.2 cm³/mol. The van der Waals surface area contributed by atoms with Crippen molar-refractivity contribution in [1.29, 1.82) is 0 Å². The number of thiophene rings is 1. The summed E-state index contributed by atoms with van der Waals surface area (Å²) in [6, 6.07) is 8.36. The summed E-state index contributed by atoms with van der Waals surface area (Å²) in [7, 11) is 0. The van der Waals surface area contributed by atoms with Crippen LogP contribution in [0.5, 0.6) is 0 Å². The van der Waals surface area contributed by atoms with Gasteiger partial charge in [0.15, 0.2) is 4.83 Å². The molecule has 0 spiro atoms. The highest BCUT2D eigenvalue weighted by molar-refractivity contribution is 7.18. The molecular weight excluding hydrogens is 306 g/mol. The zero-order valence-electron chi connectivity index (χ0n) is 13.2. The Labute approximate surface area is 138 Å². The summed E-state index contributed by atoms with van der Waals surface area (Å²) in [5, 5.41) is 9.27. The Bertz CT molecular complexity index is 908. The lowest BCUT2D eigenvalue weighted by atomic mass is 9.97. The fourth-order valence-electron chi connectivity index (χ4n) is 3.26. The van der Waals surface area contributed by atoms with E-state index in [1.807, 2.05) is 0 Å². The van der Waals surface area contributed by atoms with Gasteiger partial charge in [0.1, 0.15) is 0 Å². The van der Waals surface area contributed by atoms with Crippen LogP contribution in [0, 0.1) is 0 Å². The Morgan fingerprint density at radius 2 is 1.87 bits per heavy atom. The van der Waals surface area contributed by atoms with Crippen molar-refractivity contribution >= 4 is 21.6 Å². The normalized spacial score (nSPS) is 14.1. The molecule has 4 rings (SSSR count). The van der Waals surface area contributed by atoms with Gasteiger partial charge in [0, 0.05) is 4.88 Å². The van der Waals surface area contributed by atoms with Crippen LogP contribution in [0.3, 0.4) is 0 Å². The van der Waals surface area contributed by atoms with Gasteiger partial charge in [-0.15, -0.1) is 16.4 Å². The molecule has 4 nitrogen and oxygen atoms in total. The lowest BCUT2D eigenvalue weighted by Gasteiger charge is -2.10. The van der Waals surface area contributed by atoms with Crippen LogP contribution in [0.1, 0.15) is 41.3 Å². The zero-order valence-corrected chi connectivity index (χ0v) is 14.0. The van der Waals surface area contributed by atoms with Gasteiger partial charge in [0.05, 0.1) is 11.9 Å². The van der Waals surface area contributed by atoms with Crippen molar-refractivity contribution < 1.29 is 0 Å². The molecule has 1 aliphatic carbocycles. The second-order valence-corrected chi connectivity index (χ2v) is 7.20. The van der Waals surface area contributed by atoms with Crippen molar-refractivity contribution in [2.75, 3.05) is 0 Å². The van der Waals surface area contributed by atoms with Crippen LogP contribution >= 0.6 is 11.3 Å². The summed E-state index contributed by atoms with van der Waals surface area (Å²) in [5.41, 5.74) is 3.62. The van der Waals surface area contributed by atoms with E-state index in [9.17, 15) is 4.79 Å². The number of benzene rings is 1. The molecule has 0 fully saturated rings. The first-order chi connectivity index (χ1) is 11.3. The molecule has 118 valence electrons. The van der Waals surface area contributed by atoms with E-state index >= 15 is 0 Å². The highest BCUT2D eigenvalue weighted by Gasteiger charge is 2.20. The number of fused-ring (bicyclic) bond motifs is 3. The van der Waals surface area contributed by atoms with Crippen molar-refractivity contribution in [2.24, 2.45) is 0 Å². The fourth-order valence-corrected chi connectivity index (χ4v) is 4.46. The quantitative estimate of drug-likeness (QED) is 0.742. The standard InChI is InChI=1S/C18H19N3OS/c1-2-12-7-9-13(10-8-12)11-21-18(22)16-14-5-3-4-6-15(14)23-17(16)19-20-21/h7-10H,2-6,11H2,1H3. The van der Waals surface area contributed by atoms with Gasteiger partial charge in [-0.25, -0.2) is 4.68 Å². The summed E-state index contributed by atoms with van der Waals surface area (Å²) in [6.45, 7) is 2.62. The molecule has 3 aromatic rings. The van der Waals surface area contributed by atoms with E-state index in [4.69, 9.17) is 0 Å². The molecule has 2 heterocycles. The van der Waals surface area contributed by atoms with Gasteiger partial charge in [0.25, 0.3) is 5.56 Å². The molecule has 0 unspecified atom stereocenters. The van der Waals surface area contributed by atoms with E-state index in [1.54, 1.807) is 11.3 Å². The van der Waals surface area contributed by atoms with E-state index in [-0.39, 0.29) is 5.56 Å². The molecule has 0 radical (unpaired) electrons. The van der Waals surface area contributed by atoms with Crippen LogP contribution in [0.25, 0.3) is 10.2 Å². The van der Waals surface area contributed by atoms with Gasteiger partial charge in [-0.2, -0.15) is 0 Å². The first kappa shape index (κ1) is 14.6. The SMILES string of the molecule is CCc1ccc(Cn2nnc3sc4c(c3c2=O)CCCC4)cc1. The lowest BCUT2D eigenvalue weighted by molar-refractivity contribution is 0.600. The molecule has 0 amide bonds. The Morgan fingerprint density at radius 3 is 2.65 bits per heavy atom. The molecule has 0 saturated heterocycles. The third-order valence-electron chi connectivity index (χ3n) is 4.61. The van der Waals surface area contributed by atoms with Crippen molar-refractivity contribution in [3.63, 3.8) is 0 Å². The monoisotopic (exact) mass is 325 g/mol. The minimum atomic E-state index is 0.00830. The zero-order chi connectivity index (χ0) is 15.8. The van der Waals surface area contributed by atoms with Crippen LogP contribution in [0.15, 0.2) is 29.1 Å². The highest BCUT2D eigenvalue weighted by atomic mass is 32.1. The number of aromatic nitrogens is 3. The Hall–Kier alpha value is -2.01.